The van der Waals surface area contributed by atoms with Crippen molar-refractivity contribution in [3.05, 3.63) is 71.7 Å². The predicted molar refractivity (Wildman–Crippen MR) is 108 cm³/mol. The van der Waals surface area contributed by atoms with Crippen LogP contribution in [0.3, 0.4) is 0 Å². The van der Waals surface area contributed by atoms with E-state index in [1.807, 2.05) is 12.1 Å². The van der Waals surface area contributed by atoms with Gasteiger partial charge in [0.05, 0.1) is 5.69 Å². The molecular weight excluding hydrogens is 362 g/mol. The van der Waals surface area contributed by atoms with Crippen LogP contribution < -0.4 is 5.32 Å². The third-order valence-corrected chi connectivity index (χ3v) is 5.98. The smallest absolute Gasteiger partial charge is 0.206 e. The normalized spacial score (nSPS) is 11.1. The van der Waals surface area contributed by atoms with Crippen LogP contribution in [0.1, 0.15) is 16.8 Å². The Kier molecular flexibility index (Phi) is 5.17. The Bertz CT molecular complexity index is 994. The molecule has 0 unspecified atom stereocenters. The van der Waals surface area contributed by atoms with Crippen molar-refractivity contribution in [2.45, 2.75) is 23.4 Å². The lowest BCUT2D eigenvalue weighted by Gasteiger charge is -2.01. The van der Waals surface area contributed by atoms with Gasteiger partial charge in [-0.3, -0.25) is 0 Å². The van der Waals surface area contributed by atoms with Crippen molar-refractivity contribution in [3.8, 4) is 0 Å². The van der Waals surface area contributed by atoms with Crippen molar-refractivity contribution in [1.29, 1.82) is 0 Å². The molecule has 0 aliphatic carbocycles. The molecule has 0 aliphatic heterocycles. The van der Waals surface area contributed by atoms with Gasteiger partial charge in [0, 0.05) is 24.7 Å². The van der Waals surface area contributed by atoms with E-state index in [2.05, 4.69) is 74.5 Å². The fraction of sp³-hybridized carbons (Fsp3) is 0.211. The summed E-state index contributed by atoms with van der Waals surface area (Å²) in [6.45, 7) is 2.94. The van der Waals surface area contributed by atoms with Gasteiger partial charge in [-0.1, -0.05) is 59.5 Å². The number of thioether (sulfide) groups is 1. The van der Waals surface area contributed by atoms with Crippen molar-refractivity contribution >= 4 is 33.9 Å². The second-order valence-electron chi connectivity index (χ2n) is 6.03. The largest absolute Gasteiger partial charge is 0.360 e. The number of anilines is 1. The van der Waals surface area contributed by atoms with Gasteiger partial charge < -0.3 is 9.72 Å². The van der Waals surface area contributed by atoms with Gasteiger partial charge in [-0.05, 0) is 30.5 Å². The zero-order chi connectivity index (χ0) is 17.8. The van der Waals surface area contributed by atoms with Crippen LogP contribution in [0.4, 0.5) is 5.13 Å². The number of nitrogens with zero attached hydrogens (tertiary/aromatic N) is 4. The second kappa shape index (κ2) is 7.88. The van der Waals surface area contributed by atoms with Crippen LogP contribution in [0.2, 0.25) is 0 Å². The zero-order valence-corrected chi connectivity index (χ0v) is 16.1. The third-order valence-electron chi connectivity index (χ3n) is 3.93. The lowest BCUT2D eigenvalue weighted by Crippen LogP contribution is -2.04. The highest BCUT2D eigenvalue weighted by Gasteiger charge is 2.07. The van der Waals surface area contributed by atoms with E-state index in [-0.39, 0.29) is 0 Å². The maximum Gasteiger partial charge on any atom is 0.206 e. The van der Waals surface area contributed by atoms with Crippen LogP contribution in [-0.2, 0) is 12.2 Å². The van der Waals surface area contributed by atoms with Gasteiger partial charge in [-0.15, -0.1) is 10.2 Å². The summed E-state index contributed by atoms with van der Waals surface area (Å²) in [5, 5.41) is 12.7. The number of benzene rings is 1. The van der Waals surface area contributed by atoms with E-state index < -0.39 is 0 Å². The maximum atomic E-state index is 4.64. The fourth-order valence-electron chi connectivity index (χ4n) is 2.66. The molecule has 0 radical (unpaired) electrons. The minimum absolute atomic E-state index is 0.791. The van der Waals surface area contributed by atoms with Crippen molar-refractivity contribution in [2.24, 2.45) is 0 Å². The number of fused-ring (bicyclic) bond motifs is 1. The number of imidazole rings is 1. The van der Waals surface area contributed by atoms with E-state index in [1.165, 1.54) is 11.1 Å². The SMILES string of the molecule is Cc1ccc2nc(CSc3nnc(NCCc4ccccc4)s3)cn2c1. The van der Waals surface area contributed by atoms with Gasteiger partial charge in [0.2, 0.25) is 5.13 Å². The topological polar surface area (TPSA) is 55.1 Å². The number of hydrogen-bond acceptors (Lipinski definition) is 6. The molecule has 1 N–H and O–H groups in total. The fourth-order valence-corrected chi connectivity index (χ4v) is 4.32. The molecule has 0 aliphatic rings. The first-order valence-electron chi connectivity index (χ1n) is 8.44. The molecule has 5 nitrogen and oxygen atoms in total. The van der Waals surface area contributed by atoms with Gasteiger partial charge in [-0.25, -0.2) is 4.98 Å². The molecule has 132 valence electrons. The molecule has 0 spiro atoms. The summed E-state index contributed by atoms with van der Waals surface area (Å²) < 4.78 is 3.03. The van der Waals surface area contributed by atoms with Crippen LogP contribution in [0, 0.1) is 6.92 Å². The van der Waals surface area contributed by atoms with Crippen LogP contribution in [-0.4, -0.2) is 26.1 Å². The van der Waals surface area contributed by atoms with Crippen LogP contribution in [0.15, 0.2) is 59.2 Å². The minimum atomic E-state index is 0.791. The molecule has 3 heterocycles. The molecule has 0 fully saturated rings. The second-order valence-corrected chi connectivity index (χ2v) is 8.23. The van der Waals surface area contributed by atoms with E-state index in [0.29, 0.717) is 0 Å². The molecule has 0 atom stereocenters. The first kappa shape index (κ1) is 17.1. The van der Waals surface area contributed by atoms with Crippen LogP contribution in [0.5, 0.6) is 0 Å². The first-order chi connectivity index (χ1) is 12.8. The third kappa shape index (κ3) is 4.23. The highest BCUT2D eigenvalue weighted by atomic mass is 32.2. The van der Waals surface area contributed by atoms with E-state index in [9.17, 15) is 0 Å². The van der Waals surface area contributed by atoms with Crippen molar-refractivity contribution in [1.82, 2.24) is 19.6 Å². The van der Waals surface area contributed by atoms with Crippen molar-refractivity contribution in [2.75, 3.05) is 11.9 Å². The monoisotopic (exact) mass is 381 g/mol. The number of rotatable bonds is 7. The van der Waals surface area contributed by atoms with Gasteiger partial charge in [0.15, 0.2) is 4.34 Å². The molecular formula is C19H19N5S2. The number of aromatic nitrogens is 4. The molecule has 0 saturated carbocycles. The van der Waals surface area contributed by atoms with Gasteiger partial charge in [0.25, 0.3) is 0 Å². The van der Waals surface area contributed by atoms with Gasteiger partial charge in [0.1, 0.15) is 5.65 Å². The van der Waals surface area contributed by atoms with E-state index in [0.717, 1.165) is 39.5 Å². The number of hydrogen-bond donors (Lipinski definition) is 1. The molecule has 3 aromatic heterocycles. The number of nitrogens with one attached hydrogen (secondary N) is 1. The van der Waals surface area contributed by atoms with Gasteiger partial charge >= 0.3 is 0 Å². The minimum Gasteiger partial charge on any atom is -0.360 e. The van der Waals surface area contributed by atoms with E-state index in [4.69, 9.17) is 0 Å². The summed E-state index contributed by atoms with van der Waals surface area (Å²) in [4.78, 5) is 4.64. The molecule has 4 aromatic rings. The summed E-state index contributed by atoms with van der Waals surface area (Å²) in [5.41, 5.74) is 4.58. The Morgan fingerprint density at radius 1 is 1.08 bits per heavy atom. The maximum absolute atomic E-state index is 4.64. The summed E-state index contributed by atoms with van der Waals surface area (Å²) in [6.07, 6.45) is 5.15. The molecule has 7 heteroatoms. The van der Waals surface area contributed by atoms with Crippen LogP contribution in [0.25, 0.3) is 5.65 Å². The molecule has 1 aromatic carbocycles. The van der Waals surface area contributed by atoms with Gasteiger partial charge in [-0.2, -0.15) is 0 Å². The predicted octanol–water partition coefficient (Wildman–Crippen LogP) is 4.44. The average molecular weight is 382 g/mol. The quantitative estimate of drug-likeness (QED) is 0.480. The van der Waals surface area contributed by atoms with E-state index in [1.54, 1.807) is 23.1 Å². The zero-order valence-electron chi connectivity index (χ0n) is 14.4. The number of aryl methyl sites for hydroxylation is 1. The summed E-state index contributed by atoms with van der Waals surface area (Å²) >= 11 is 3.26. The summed E-state index contributed by atoms with van der Waals surface area (Å²) in [7, 11) is 0. The summed E-state index contributed by atoms with van der Waals surface area (Å²) in [5.74, 6) is 0.791. The van der Waals surface area contributed by atoms with Crippen LogP contribution >= 0.6 is 23.1 Å². The Morgan fingerprint density at radius 2 is 1.96 bits per heavy atom. The molecule has 0 amide bonds. The lowest BCUT2D eigenvalue weighted by atomic mass is 10.2. The van der Waals surface area contributed by atoms with E-state index >= 15 is 0 Å². The average Bonchev–Trinajstić information content (AvgIpc) is 3.27. The molecule has 26 heavy (non-hydrogen) atoms. The Balaban J connectivity index is 1.30. The Hall–Kier alpha value is -2.38. The highest BCUT2D eigenvalue weighted by molar-refractivity contribution is 8.00. The molecule has 4 rings (SSSR count). The standard InChI is InChI=1S/C19H19N5S2/c1-14-7-8-17-21-16(12-24(17)11-14)13-25-19-23-22-18(26-19)20-10-9-15-5-3-2-4-6-15/h2-8,11-12H,9-10,13H2,1H3,(H,20,22). The first-order valence-corrected chi connectivity index (χ1v) is 10.2. The molecule has 0 saturated heterocycles. The lowest BCUT2D eigenvalue weighted by molar-refractivity contribution is 0.972. The molecule has 0 bridgehead atoms. The highest BCUT2D eigenvalue weighted by Crippen LogP contribution is 2.28. The summed E-state index contributed by atoms with van der Waals surface area (Å²) in [6, 6.07) is 14.6. The van der Waals surface area contributed by atoms with Crippen molar-refractivity contribution < 1.29 is 0 Å². The number of pyridine rings is 1. The Labute approximate surface area is 160 Å². The van der Waals surface area contributed by atoms with Crippen molar-refractivity contribution in [3.63, 3.8) is 0 Å². The Morgan fingerprint density at radius 3 is 2.85 bits per heavy atom.